The molecule has 1 aliphatic carbocycles. The van der Waals surface area contributed by atoms with Crippen LogP contribution < -0.4 is 14.8 Å². The number of carbonyl (C=O) groups is 2. The normalized spacial score (nSPS) is 21.5. The number of hydrogen-bond donors (Lipinski definition) is 1. The highest BCUT2D eigenvalue weighted by Crippen LogP contribution is 2.47. The molecule has 1 amide bonds. The Bertz CT molecular complexity index is 1100. The number of rotatable bonds is 9. The molecular formula is C27H32F3NO5. The Hall–Kier alpha value is -3.23. The summed E-state index contributed by atoms with van der Waals surface area (Å²) in [7, 11) is 2.88. The van der Waals surface area contributed by atoms with E-state index >= 15 is 0 Å². The number of methoxy groups -OCH3 is 2. The Kier molecular flexibility index (Phi) is 8.53. The van der Waals surface area contributed by atoms with Crippen molar-refractivity contribution in [2.75, 3.05) is 20.8 Å². The van der Waals surface area contributed by atoms with E-state index in [4.69, 9.17) is 14.2 Å². The molecule has 36 heavy (non-hydrogen) atoms. The second-order valence-electron chi connectivity index (χ2n) is 9.62. The molecule has 3 rings (SSSR count). The molecule has 196 valence electrons. The van der Waals surface area contributed by atoms with Crippen LogP contribution >= 0.6 is 0 Å². The summed E-state index contributed by atoms with van der Waals surface area (Å²) in [6.45, 7) is 3.87. The largest absolute Gasteiger partial charge is 0.497 e. The van der Waals surface area contributed by atoms with Crippen molar-refractivity contribution in [1.82, 2.24) is 5.32 Å². The van der Waals surface area contributed by atoms with Crippen LogP contribution in [0.1, 0.15) is 61.9 Å². The standard InChI is InChI=1S/C27H32F3NO5/c1-5-27(25(33)35-4)12-10-26(2,11-13-27)16-31-24(32)19-14-20(28)23(22(30)21(19)29)36-15-17-6-8-18(34-3)9-7-17/h6-9,14H,5,10-13,15-16H2,1-4H3,(H,31,32). The van der Waals surface area contributed by atoms with Crippen LogP contribution in [0, 0.1) is 28.3 Å². The zero-order chi connectivity index (χ0) is 26.5. The first-order valence-electron chi connectivity index (χ1n) is 11.9. The first kappa shape index (κ1) is 27.4. The van der Waals surface area contributed by atoms with Crippen LogP contribution in [-0.2, 0) is 16.1 Å². The van der Waals surface area contributed by atoms with Crippen LogP contribution in [-0.4, -0.2) is 32.6 Å². The summed E-state index contributed by atoms with van der Waals surface area (Å²) in [5, 5.41) is 2.60. The number of hydrogen-bond acceptors (Lipinski definition) is 5. The van der Waals surface area contributed by atoms with E-state index in [0.717, 1.165) is 0 Å². The number of benzene rings is 2. The fraction of sp³-hybridized carbons (Fsp3) is 0.481. The van der Waals surface area contributed by atoms with Gasteiger partial charge in [-0.05, 0) is 61.3 Å². The van der Waals surface area contributed by atoms with Crippen LogP contribution in [0.2, 0.25) is 0 Å². The third-order valence-electron chi connectivity index (χ3n) is 7.29. The Balaban J connectivity index is 1.65. The topological polar surface area (TPSA) is 73.9 Å². The zero-order valence-corrected chi connectivity index (χ0v) is 21.0. The van der Waals surface area contributed by atoms with Crippen molar-refractivity contribution in [3.05, 3.63) is 58.9 Å². The number of carbonyl (C=O) groups excluding carboxylic acids is 2. The maximum atomic E-state index is 14.7. The van der Waals surface area contributed by atoms with E-state index in [-0.39, 0.29) is 24.5 Å². The van der Waals surface area contributed by atoms with Crippen molar-refractivity contribution >= 4 is 11.9 Å². The molecule has 0 saturated heterocycles. The van der Waals surface area contributed by atoms with E-state index in [1.54, 1.807) is 24.3 Å². The number of halogens is 3. The van der Waals surface area contributed by atoms with Crippen LogP contribution in [0.4, 0.5) is 13.2 Å². The van der Waals surface area contributed by atoms with Gasteiger partial charge >= 0.3 is 5.97 Å². The van der Waals surface area contributed by atoms with E-state index in [2.05, 4.69) is 5.32 Å². The third-order valence-corrected chi connectivity index (χ3v) is 7.29. The molecule has 6 nitrogen and oxygen atoms in total. The van der Waals surface area contributed by atoms with Gasteiger partial charge in [-0.25, -0.2) is 8.78 Å². The summed E-state index contributed by atoms with van der Waals surface area (Å²) in [5.41, 5.74) is -1.04. The average Bonchev–Trinajstić information content (AvgIpc) is 2.90. The molecule has 0 aliphatic heterocycles. The van der Waals surface area contributed by atoms with Gasteiger partial charge in [-0.1, -0.05) is 26.0 Å². The second kappa shape index (κ2) is 11.2. The molecule has 2 aromatic carbocycles. The zero-order valence-electron chi connectivity index (χ0n) is 21.0. The van der Waals surface area contributed by atoms with E-state index in [9.17, 15) is 22.8 Å². The van der Waals surface area contributed by atoms with E-state index in [1.165, 1.54) is 14.2 Å². The Morgan fingerprint density at radius 3 is 2.19 bits per heavy atom. The fourth-order valence-electron chi connectivity index (χ4n) is 4.57. The molecule has 0 aromatic heterocycles. The summed E-state index contributed by atoms with van der Waals surface area (Å²) in [4.78, 5) is 24.9. The van der Waals surface area contributed by atoms with E-state index in [1.807, 2.05) is 13.8 Å². The van der Waals surface area contributed by atoms with Crippen molar-refractivity contribution < 1.29 is 37.0 Å². The molecule has 0 bridgehead atoms. The van der Waals surface area contributed by atoms with Gasteiger partial charge in [0.1, 0.15) is 12.4 Å². The minimum absolute atomic E-state index is 0.172. The van der Waals surface area contributed by atoms with Gasteiger partial charge in [0.2, 0.25) is 5.82 Å². The number of ether oxygens (including phenoxy) is 3. The number of amides is 1. The summed E-state index contributed by atoms with van der Waals surface area (Å²) in [5.74, 6) is -5.67. The van der Waals surface area contributed by atoms with Gasteiger partial charge in [0.05, 0.1) is 25.2 Å². The molecule has 0 radical (unpaired) electrons. The molecule has 1 aliphatic rings. The van der Waals surface area contributed by atoms with Crippen LogP contribution in [0.5, 0.6) is 11.5 Å². The van der Waals surface area contributed by atoms with Crippen LogP contribution in [0.25, 0.3) is 0 Å². The molecule has 0 unspecified atom stereocenters. The lowest BCUT2D eigenvalue weighted by atomic mass is 9.63. The molecule has 0 heterocycles. The lowest BCUT2D eigenvalue weighted by molar-refractivity contribution is -0.156. The number of nitrogens with one attached hydrogen (secondary N) is 1. The Morgan fingerprint density at radius 2 is 1.64 bits per heavy atom. The first-order valence-corrected chi connectivity index (χ1v) is 11.9. The van der Waals surface area contributed by atoms with Crippen molar-refractivity contribution in [3.8, 4) is 11.5 Å². The molecule has 9 heteroatoms. The first-order chi connectivity index (χ1) is 17.1. The Morgan fingerprint density at radius 1 is 1.00 bits per heavy atom. The second-order valence-corrected chi connectivity index (χ2v) is 9.62. The summed E-state index contributed by atoms with van der Waals surface area (Å²) in [6, 6.07) is 7.25. The summed E-state index contributed by atoms with van der Waals surface area (Å²) < 4.78 is 59.1. The smallest absolute Gasteiger partial charge is 0.311 e. The predicted molar refractivity (Wildman–Crippen MR) is 127 cm³/mol. The summed E-state index contributed by atoms with van der Waals surface area (Å²) in [6.07, 6.45) is 3.12. The molecule has 1 N–H and O–H groups in total. The minimum atomic E-state index is -1.57. The minimum Gasteiger partial charge on any atom is -0.497 e. The van der Waals surface area contributed by atoms with Gasteiger partial charge in [0.25, 0.3) is 5.91 Å². The highest BCUT2D eigenvalue weighted by atomic mass is 19.2. The van der Waals surface area contributed by atoms with Crippen LogP contribution in [0.15, 0.2) is 30.3 Å². The molecular weight excluding hydrogens is 475 g/mol. The predicted octanol–water partition coefficient (Wildman–Crippen LogP) is 5.57. The average molecular weight is 508 g/mol. The van der Waals surface area contributed by atoms with E-state index < -0.39 is 40.1 Å². The van der Waals surface area contributed by atoms with Gasteiger partial charge in [0.15, 0.2) is 17.4 Å². The molecule has 2 aromatic rings. The van der Waals surface area contributed by atoms with Crippen LogP contribution in [0.3, 0.4) is 0 Å². The quantitative estimate of drug-likeness (QED) is 0.355. The lowest BCUT2D eigenvalue weighted by Crippen LogP contribution is -2.44. The summed E-state index contributed by atoms with van der Waals surface area (Å²) >= 11 is 0. The highest BCUT2D eigenvalue weighted by Gasteiger charge is 2.45. The fourth-order valence-corrected chi connectivity index (χ4v) is 4.57. The Labute approximate surface area is 209 Å². The van der Waals surface area contributed by atoms with Gasteiger partial charge < -0.3 is 19.5 Å². The lowest BCUT2D eigenvalue weighted by Gasteiger charge is -2.43. The maximum absolute atomic E-state index is 14.7. The van der Waals surface area contributed by atoms with Crippen molar-refractivity contribution in [2.45, 2.75) is 52.6 Å². The number of esters is 1. The van der Waals surface area contributed by atoms with Crippen molar-refractivity contribution in [1.29, 1.82) is 0 Å². The SMILES string of the molecule is CCC1(C(=O)OC)CCC(C)(CNC(=O)c2cc(F)c(OCc3ccc(OC)cc3)c(F)c2F)CC1. The van der Waals surface area contributed by atoms with Gasteiger partial charge in [-0.3, -0.25) is 9.59 Å². The molecule has 1 fully saturated rings. The monoisotopic (exact) mass is 507 g/mol. The highest BCUT2D eigenvalue weighted by molar-refractivity contribution is 5.94. The van der Waals surface area contributed by atoms with Crippen molar-refractivity contribution in [3.63, 3.8) is 0 Å². The maximum Gasteiger partial charge on any atom is 0.311 e. The van der Waals surface area contributed by atoms with Crippen molar-refractivity contribution in [2.24, 2.45) is 10.8 Å². The molecule has 0 atom stereocenters. The molecule has 1 saturated carbocycles. The third kappa shape index (κ3) is 5.77. The molecule has 0 spiro atoms. The van der Waals surface area contributed by atoms with Gasteiger partial charge in [-0.15, -0.1) is 0 Å². The van der Waals surface area contributed by atoms with E-state index in [0.29, 0.717) is 49.5 Å². The van der Waals surface area contributed by atoms with Gasteiger partial charge in [0, 0.05) is 6.54 Å². The van der Waals surface area contributed by atoms with Gasteiger partial charge in [-0.2, -0.15) is 4.39 Å².